The summed E-state index contributed by atoms with van der Waals surface area (Å²) in [5.74, 6) is 0.526. The van der Waals surface area contributed by atoms with Gasteiger partial charge in [-0.2, -0.15) is 0 Å². The number of anilines is 1. The van der Waals surface area contributed by atoms with Crippen LogP contribution < -0.4 is 10.6 Å². The van der Waals surface area contributed by atoms with Crippen molar-refractivity contribution in [1.82, 2.24) is 14.9 Å². The van der Waals surface area contributed by atoms with Crippen LogP contribution in [0.3, 0.4) is 0 Å². The number of hydrogen-bond acceptors (Lipinski definition) is 3. The number of carbonyl (C=O) groups is 2. The van der Waals surface area contributed by atoms with Gasteiger partial charge in [0, 0.05) is 12.1 Å². The molecule has 1 atom stereocenters. The van der Waals surface area contributed by atoms with E-state index in [-0.39, 0.29) is 24.4 Å². The minimum atomic E-state index is -0.296. The average Bonchev–Trinajstić information content (AvgIpc) is 3.03. The van der Waals surface area contributed by atoms with Crippen molar-refractivity contribution in [1.29, 1.82) is 0 Å². The number of aromatic nitrogens is 2. The van der Waals surface area contributed by atoms with Crippen LogP contribution in [-0.2, 0) is 16.1 Å². The number of fused-ring (bicyclic) bond motifs is 1. The molecule has 0 fully saturated rings. The van der Waals surface area contributed by atoms with Gasteiger partial charge in [-0.25, -0.2) is 4.98 Å². The molecule has 0 aliphatic rings. The number of carbonyl (C=O) groups excluding carboxylic acids is 2. The van der Waals surface area contributed by atoms with Crippen molar-refractivity contribution in [2.45, 2.75) is 53.1 Å². The smallest absolute Gasteiger partial charge is 0.244 e. The van der Waals surface area contributed by atoms with E-state index in [1.165, 1.54) is 0 Å². The van der Waals surface area contributed by atoms with Crippen LogP contribution in [0.1, 0.15) is 49.7 Å². The van der Waals surface area contributed by atoms with E-state index < -0.39 is 0 Å². The summed E-state index contributed by atoms with van der Waals surface area (Å²) in [4.78, 5) is 29.6. The van der Waals surface area contributed by atoms with E-state index in [0.717, 1.165) is 34.3 Å². The van der Waals surface area contributed by atoms with Gasteiger partial charge in [-0.15, -0.1) is 0 Å². The molecule has 2 aromatic carbocycles. The van der Waals surface area contributed by atoms with Gasteiger partial charge < -0.3 is 15.2 Å². The normalized spacial score (nSPS) is 12.0. The lowest BCUT2D eigenvalue weighted by Crippen LogP contribution is -2.29. The van der Waals surface area contributed by atoms with E-state index in [9.17, 15) is 9.59 Å². The van der Waals surface area contributed by atoms with E-state index >= 15 is 0 Å². The molecule has 29 heavy (non-hydrogen) atoms. The average molecular weight is 393 g/mol. The SMILES string of the molecule is CCCC(=O)NC(C)c1nc2ccccc2n1CC(=O)Nc1ccc(C)cc1C. The number of nitrogens with zero attached hydrogens (tertiary/aromatic N) is 2. The Morgan fingerprint density at radius 2 is 1.86 bits per heavy atom. The maximum atomic E-state index is 12.8. The molecule has 0 radical (unpaired) electrons. The molecule has 0 aliphatic carbocycles. The minimum absolute atomic E-state index is 0.0154. The van der Waals surface area contributed by atoms with Gasteiger partial charge in [0.2, 0.25) is 11.8 Å². The number of rotatable bonds is 7. The number of aryl methyl sites for hydroxylation is 2. The van der Waals surface area contributed by atoms with Crippen LogP contribution in [0, 0.1) is 13.8 Å². The van der Waals surface area contributed by atoms with E-state index in [4.69, 9.17) is 0 Å². The molecular formula is C23H28N4O2. The number of amides is 2. The molecule has 2 amide bonds. The number of para-hydroxylation sites is 2. The Hall–Kier alpha value is -3.15. The Bertz CT molecular complexity index is 1040. The van der Waals surface area contributed by atoms with Crippen molar-refractivity contribution in [2.75, 3.05) is 5.32 Å². The third kappa shape index (κ3) is 4.83. The van der Waals surface area contributed by atoms with Gasteiger partial charge in [0.05, 0.1) is 17.1 Å². The monoisotopic (exact) mass is 392 g/mol. The molecule has 1 heterocycles. The molecule has 0 spiro atoms. The van der Waals surface area contributed by atoms with Crippen LogP contribution in [0.2, 0.25) is 0 Å². The molecule has 6 heteroatoms. The van der Waals surface area contributed by atoms with Crippen LogP contribution in [0.5, 0.6) is 0 Å². The Morgan fingerprint density at radius 3 is 2.59 bits per heavy atom. The highest BCUT2D eigenvalue weighted by atomic mass is 16.2. The van der Waals surface area contributed by atoms with Crippen LogP contribution in [0.15, 0.2) is 42.5 Å². The van der Waals surface area contributed by atoms with E-state index in [1.807, 2.05) is 74.7 Å². The Labute approximate surface area is 171 Å². The molecule has 3 aromatic rings. The number of benzene rings is 2. The van der Waals surface area contributed by atoms with Crippen molar-refractivity contribution >= 4 is 28.5 Å². The predicted octanol–water partition coefficient (Wildman–Crippen LogP) is 4.27. The third-order valence-electron chi connectivity index (χ3n) is 4.88. The van der Waals surface area contributed by atoms with Crippen molar-refractivity contribution in [2.24, 2.45) is 0 Å². The van der Waals surface area contributed by atoms with E-state index in [1.54, 1.807) is 0 Å². The fourth-order valence-electron chi connectivity index (χ4n) is 3.48. The van der Waals surface area contributed by atoms with Crippen molar-refractivity contribution < 1.29 is 9.59 Å². The molecule has 3 rings (SSSR count). The van der Waals surface area contributed by atoms with Gasteiger partial charge in [0.15, 0.2) is 0 Å². The number of hydrogen-bond donors (Lipinski definition) is 2. The largest absolute Gasteiger partial charge is 0.346 e. The molecular weight excluding hydrogens is 364 g/mol. The standard InChI is InChI=1S/C23H28N4O2/c1-5-8-21(28)24-17(4)23-26-19-9-6-7-10-20(19)27(23)14-22(29)25-18-12-11-15(2)13-16(18)3/h6-7,9-13,17H,5,8,14H2,1-4H3,(H,24,28)(H,25,29). The molecule has 1 unspecified atom stereocenters. The molecule has 0 saturated carbocycles. The number of nitrogens with one attached hydrogen (secondary N) is 2. The molecule has 1 aromatic heterocycles. The lowest BCUT2D eigenvalue weighted by molar-refractivity contribution is -0.121. The fourth-order valence-corrected chi connectivity index (χ4v) is 3.48. The van der Waals surface area contributed by atoms with Crippen molar-refractivity contribution in [3.63, 3.8) is 0 Å². The van der Waals surface area contributed by atoms with Crippen molar-refractivity contribution in [3.8, 4) is 0 Å². The predicted molar refractivity (Wildman–Crippen MR) is 116 cm³/mol. The second kappa shape index (κ2) is 8.90. The summed E-state index contributed by atoms with van der Waals surface area (Å²) in [7, 11) is 0. The molecule has 6 nitrogen and oxygen atoms in total. The Kier molecular flexibility index (Phi) is 6.32. The number of imidazole rings is 1. The highest BCUT2D eigenvalue weighted by molar-refractivity contribution is 5.92. The highest BCUT2D eigenvalue weighted by Crippen LogP contribution is 2.22. The highest BCUT2D eigenvalue weighted by Gasteiger charge is 2.20. The summed E-state index contributed by atoms with van der Waals surface area (Å²) in [6.07, 6.45) is 1.25. The summed E-state index contributed by atoms with van der Waals surface area (Å²) in [5.41, 5.74) is 4.65. The molecule has 152 valence electrons. The van der Waals surface area contributed by atoms with E-state index in [0.29, 0.717) is 12.2 Å². The summed E-state index contributed by atoms with van der Waals surface area (Å²) in [5, 5.41) is 5.98. The Balaban J connectivity index is 1.87. The topological polar surface area (TPSA) is 76.0 Å². The van der Waals surface area contributed by atoms with Gasteiger partial charge in [0.25, 0.3) is 0 Å². The summed E-state index contributed by atoms with van der Waals surface area (Å²) in [6.45, 7) is 7.99. The van der Waals surface area contributed by atoms with Crippen LogP contribution >= 0.6 is 0 Å². The summed E-state index contributed by atoms with van der Waals surface area (Å²) in [6, 6.07) is 13.3. The van der Waals surface area contributed by atoms with Gasteiger partial charge >= 0.3 is 0 Å². The second-order valence-electron chi connectivity index (χ2n) is 7.45. The summed E-state index contributed by atoms with van der Waals surface area (Å²) >= 11 is 0. The maximum Gasteiger partial charge on any atom is 0.244 e. The Morgan fingerprint density at radius 1 is 1.10 bits per heavy atom. The van der Waals surface area contributed by atoms with Gasteiger partial charge in [-0.05, 0) is 51.0 Å². The quantitative estimate of drug-likeness (QED) is 0.630. The van der Waals surface area contributed by atoms with Gasteiger partial charge in [-0.3, -0.25) is 9.59 Å². The maximum absolute atomic E-state index is 12.8. The molecule has 0 aliphatic heterocycles. The van der Waals surface area contributed by atoms with Crippen LogP contribution in [0.25, 0.3) is 11.0 Å². The first kappa shape index (κ1) is 20.6. The van der Waals surface area contributed by atoms with Crippen molar-refractivity contribution in [3.05, 3.63) is 59.4 Å². The fraction of sp³-hybridized carbons (Fsp3) is 0.348. The zero-order valence-electron chi connectivity index (χ0n) is 17.5. The first-order chi connectivity index (χ1) is 13.9. The molecule has 0 bridgehead atoms. The van der Waals surface area contributed by atoms with Crippen LogP contribution in [0.4, 0.5) is 5.69 Å². The third-order valence-corrected chi connectivity index (χ3v) is 4.88. The zero-order chi connectivity index (χ0) is 21.0. The van der Waals surface area contributed by atoms with Gasteiger partial charge in [0.1, 0.15) is 12.4 Å². The lowest BCUT2D eigenvalue weighted by Gasteiger charge is -2.16. The molecule has 0 saturated heterocycles. The van der Waals surface area contributed by atoms with Gasteiger partial charge in [-0.1, -0.05) is 36.8 Å². The second-order valence-corrected chi connectivity index (χ2v) is 7.45. The first-order valence-electron chi connectivity index (χ1n) is 10.0. The minimum Gasteiger partial charge on any atom is -0.346 e. The summed E-state index contributed by atoms with van der Waals surface area (Å²) < 4.78 is 1.88. The van der Waals surface area contributed by atoms with Crippen LogP contribution in [-0.4, -0.2) is 21.4 Å². The molecule has 2 N–H and O–H groups in total. The lowest BCUT2D eigenvalue weighted by atomic mass is 10.1. The zero-order valence-corrected chi connectivity index (χ0v) is 17.5. The van der Waals surface area contributed by atoms with E-state index in [2.05, 4.69) is 15.6 Å². The first-order valence-corrected chi connectivity index (χ1v) is 10.0.